The summed E-state index contributed by atoms with van der Waals surface area (Å²) in [5.74, 6) is -2.24. The lowest BCUT2D eigenvalue weighted by Crippen LogP contribution is -2.13. The van der Waals surface area contributed by atoms with Crippen molar-refractivity contribution in [2.24, 2.45) is 0 Å². The van der Waals surface area contributed by atoms with Gasteiger partial charge in [0.1, 0.15) is 16.4 Å². The Bertz CT molecular complexity index is 931. The summed E-state index contributed by atoms with van der Waals surface area (Å²) in [7, 11) is 0. The number of benzene rings is 1. The van der Waals surface area contributed by atoms with Crippen molar-refractivity contribution in [1.29, 1.82) is 0 Å². The molecular weight excluding hydrogens is 355 g/mol. The molecule has 0 bridgehead atoms. The zero-order valence-electron chi connectivity index (χ0n) is 14.6. The number of carboxylic acids is 1. The van der Waals surface area contributed by atoms with Gasteiger partial charge in [0.15, 0.2) is 0 Å². The van der Waals surface area contributed by atoms with Crippen LogP contribution in [0.1, 0.15) is 40.3 Å². The maximum atomic E-state index is 13.2. The van der Waals surface area contributed by atoms with E-state index in [1.165, 1.54) is 18.2 Å². The highest BCUT2D eigenvalue weighted by molar-refractivity contribution is 7.15. The highest BCUT2D eigenvalue weighted by Gasteiger charge is 2.22. The Hall–Kier alpha value is -2.93. The Balaban J connectivity index is 0.00000117. The van der Waals surface area contributed by atoms with Crippen molar-refractivity contribution in [3.8, 4) is 11.3 Å². The molecule has 3 rings (SSSR count). The number of aromatic nitrogens is 1. The van der Waals surface area contributed by atoms with Crippen LogP contribution < -0.4 is 5.32 Å². The second-order valence-corrected chi connectivity index (χ2v) is 6.06. The van der Waals surface area contributed by atoms with Crippen LogP contribution >= 0.6 is 11.3 Å². The lowest BCUT2D eigenvalue weighted by molar-refractivity contribution is 0.0699. The van der Waals surface area contributed by atoms with E-state index in [4.69, 9.17) is 0 Å². The molecule has 26 heavy (non-hydrogen) atoms. The fraction of sp³-hybridized carbons (Fsp3) is 0.158. The molecule has 0 radical (unpaired) electrons. The minimum Gasteiger partial charge on any atom is -0.478 e. The monoisotopic (exact) mass is 374 g/mol. The molecule has 2 heterocycles. The Labute approximate surface area is 154 Å². The van der Waals surface area contributed by atoms with Crippen molar-refractivity contribution in [3.63, 3.8) is 0 Å². The van der Waals surface area contributed by atoms with E-state index >= 15 is 0 Å². The summed E-state index contributed by atoms with van der Waals surface area (Å²) in [5, 5.41) is 13.9. The lowest BCUT2D eigenvalue weighted by Gasteiger charge is -2.05. The molecule has 0 saturated heterocycles. The van der Waals surface area contributed by atoms with E-state index in [1.807, 2.05) is 26.8 Å². The van der Waals surface area contributed by atoms with Crippen LogP contribution in [0.3, 0.4) is 0 Å². The average molecular weight is 374 g/mol. The molecule has 2 aromatic heterocycles. The number of H-pyrrole nitrogens is 1. The third-order valence-corrected chi connectivity index (χ3v) is 4.34. The van der Waals surface area contributed by atoms with Crippen molar-refractivity contribution in [2.75, 3.05) is 5.32 Å². The molecule has 0 aliphatic carbocycles. The first kappa shape index (κ1) is 19.4. The summed E-state index contributed by atoms with van der Waals surface area (Å²) >= 11 is 1.11. The molecule has 3 aromatic rings. The molecule has 0 fully saturated rings. The van der Waals surface area contributed by atoms with Gasteiger partial charge in [-0.15, -0.1) is 11.3 Å². The number of hydrogen-bond acceptors (Lipinski definition) is 3. The SMILES string of the molecule is CC.Cc1ccc(-c2csc(NC(=O)c3cccc(F)c3)c2C(=O)O)[nH]1. The molecule has 1 amide bonds. The van der Waals surface area contributed by atoms with Crippen LogP contribution in [0, 0.1) is 12.7 Å². The molecule has 0 unspecified atom stereocenters. The van der Waals surface area contributed by atoms with Crippen molar-refractivity contribution in [1.82, 2.24) is 4.98 Å². The maximum Gasteiger partial charge on any atom is 0.339 e. The summed E-state index contributed by atoms with van der Waals surface area (Å²) in [6.07, 6.45) is 0. The topological polar surface area (TPSA) is 82.2 Å². The predicted molar refractivity (Wildman–Crippen MR) is 102 cm³/mol. The molecule has 5 nitrogen and oxygen atoms in total. The summed E-state index contributed by atoms with van der Waals surface area (Å²) in [5.41, 5.74) is 2.18. The normalized spacial score (nSPS) is 10.0. The standard InChI is InChI=1S/C17H13FN2O3S.C2H6/c1-9-5-6-13(19-9)12-8-24-16(14(12)17(22)23)20-15(21)10-3-2-4-11(18)7-10;1-2/h2-8,19H,1H3,(H,20,21)(H,22,23);1-2H3. The quantitative estimate of drug-likeness (QED) is 0.589. The second kappa shape index (κ2) is 8.44. The van der Waals surface area contributed by atoms with E-state index in [-0.39, 0.29) is 16.1 Å². The Morgan fingerprint density at radius 1 is 1.19 bits per heavy atom. The van der Waals surface area contributed by atoms with Gasteiger partial charge in [-0.3, -0.25) is 4.79 Å². The third kappa shape index (κ3) is 4.18. The highest BCUT2D eigenvalue weighted by atomic mass is 32.1. The van der Waals surface area contributed by atoms with Gasteiger partial charge < -0.3 is 15.4 Å². The van der Waals surface area contributed by atoms with E-state index in [0.717, 1.165) is 23.1 Å². The minimum absolute atomic E-state index is 0.00611. The number of carbonyl (C=O) groups excluding carboxylic acids is 1. The van der Waals surface area contributed by atoms with Gasteiger partial charge >= 0.3 is 5.97 Å². The third-order valence-electron chi connectivity index (χ3n) is 3.44. The Kier molecular flexibility index (Phi) is 6.30. The summed E-state index contributed by atoms with van der Waals surface area (Å²) in [4.78, 5) is 26.9. The molecule has 0 aliphatic rings. The number of aryl methyl sites for hydroxylation is 1. The molecule has 7 heteroatoms. The first-order valence-electron chi connectivity index (χ1n) is 8.03. The number of anilines is 1. The molecule has 136 valence electrons. The maximum absolute atomic E-state index is 13.2. The van der Waals surface area contributed by atoms with Crippen LogP contribution in [0.15, 0.2) is 41.8 Å². The van der Waals surface area contributed by atoms with Gasteiger partial charge in [0.25, 0.3) is 5.91 Å². The van der Waals surface area contributed by atoms with Crippen LogP contribution in [-0.2, 0) is 0 Å². The molecular formula is C19H19FN2O3S. The average Bonchev–Trinajstić information content (AvgIpc) is 3.22. The lowest BCUT2D eigenvalue weighted by atomic mass is 10.1. The Morgan fingerprint density at radius 2 is 1.92 bits per heavy atom. The number of carbonyl (C=O) groups is 2. The van der Waals surface area contributed by atoms with Crippen LogP contribution in [0.4, 0.5) is 9.39 Å². The number of nitrogens with one attached hydrogen (secondary N) is 2. The van der Waals surface area contributed by atoms with Gasteiger partial charge in [0, 0.05) is 27.9 Å². The molecule has 0 spiro atoms. The first-order chi connectivity index (χ1) is 12.5. The number of aromatic carboxylic acids is 1. The largest absolute Gasteiger partial charge is 0.478 e. The molecule has 0 saturated carbocycles. The van der Waals surface area contributed by atoms with Crippen molar-refractivity contribution < 1.29 is 19.1 Å². The number of amides is 1. The first-order valence-corrected chi connectivity index (χ1v) is 8.91. The number of aromatic amines is 1. The number of thiophene rings is 1. The molecule has 0 atom stereocenters. The summed E-state index contributed by atoms with van der Waals surface area (Å²) < 4.78 is 13.2. The van der Waals surface area contributed by atoms with Gasteiger partial charge in [-0.1, -0.05) is 19.9 Å². The van der Waals surface area contributed by atoms with Gasteiger partial charge in [0.05, 0.1) is 0 Å². The van der Waals surface area contributed by atoms with Crippen LogP contribution in [-0.4, -0.2) is 22.0 Å². The molecule has 1 aromatic carbocycles. The van der Waals surface area contributed by atoms with Gasteiger partial charge in [-0.2, -0.15) is 0 Å². The smallest absolute Gasteiger partial charge is 0.339 e. The van der Waals surface area contributed by atoms with E-state index in [2.05, 4.69) is 10.3 Å². The van der Waals surface area contributed by atoms with Gasteiger partial charge in [0.2, 0.25) is 0 Å². The van der Waals surface area contributed by atoms with Crippen LogP contribution in [0.25, 0.3) is 11.3 Å². The zero-order valence-corrected chi connectivity index (χ0v) is 15.4. The van der Waals surface area contributed by atoms with E-state index in [0.29, 0.717) is 11.3 Å². The van der Waals surface area contributed by atoms with Gasteiger partial charge in [-0.25, -0.2) is 9.18 Å². The zero-order chi connectivity index (χ0) is 19.3. The number of rotatable bonds is 4. The van der Waals surface area contributed by atoms with E-state index in [1.54, 1.807) is 11.4 Å². The van der Waals surface area contributed by atoms with E-state index < -0.39 is 17.7 Å². The Morgan fingerprint density at radius 3 is 2.50 bits per heavy atom. The fourth-order valence-corrected chi connectivity index (χ4v) is 3.27. The number of halogens is 1. The predicted octanol–water partition coefficient (Wildman–Crippen LogP) is 5.17. The second-order valence-electron chi connectivity index (χ2n) is 5.18. The highest BCUT2D eigenvalue weighted by Crippen LogP contribution is 2.35. The minimum atomic E-state index is -1.15. The number of carboxylic acid groups (broad SMARTS) is 1. The molecule has 3 N–H and O–H groups in total. The summed E-state index contributed by atoms with van der Waals surface area (Å²) in [6, 6.07) is 8.83. The van der Waals surface area contributed by atoms with Crippen molar-refractivity contribution in [3.05, 3.63) is 64.4 Å². The van der Waals surface area contributed by atoms with Gasteiger partial charge in [-0.05, 0) is 37.3 Å². The van der Waals surface area contributed by atoms with Crippen molar-refractivity contribution >= 4 is 28.2 Å². The number of hydrogen-bond donors (Lipinski definition) is 3. The fourth-order valence-electron chi connectivity index (χ4n) is 2.33. The van der Waals surface area contributed by atoms with Crippen LogP contribution in [0.5, 0.6) is 0 Å². The van der Waals surface area contributed by atoms with Crippen LogP contribution in [0.2, 0.25) is 0 Å². The molecule has 0 aliphatic heterocycles. The van der Waals surface area contributed by atoms with E-state index in [9.17, 15) is 19.1 Å². The van der Waals surface area contributed by atoms with Crippen molar-refractivity contribution in [2.45, 2.75) is 20.8 Å². The summed E-state index contributed by atoms with van der Waals surface area (Å²) in [6.45, 7) is 5.86.